The molecule has 0 saturated carbocycles. The summed E-state index contributed by atoms with van der Waals surface area (Å²) in [7, 11) is 0. The lowest BCUT2D eigenvalue weighted by atomic mass is 9.97. The number of aliphatic carboxylic acids is 1. The Morgan fingerprint density at radius 3 is 2.52 bits per heavy atom. The van der Waals surface area contributed by atoms with Crippen molar-refractivity contribution in [2.24, 2.45) is 5.10 Å². The van der Waals surface area contributed by atoms with E-state index in [0.29, 0.717) is 12.0 Å². The highest BCUT2D eigenvalue weighted by atomic mass is 16.4. The molecule has 140 valence electrons. The molecule has 0 aromatic heterocycles. The van der Waals surface area contributed by atoms with Crippen molar-refractivity contribution >= 4 is 17.6 Å². The van der Waals surface area contributed by atoms with Gasteiger partial charge in [0.05, 0.1) is 11.8 Å². The smallest absolute Gasteiger partial charge is 0.243 e. The van der Waals surface area contributed by atoms with E-state index in [1.165, 1.54) is 5.01 Å². The number of carbonyl (C=O) groups is 2. The second-order valence-corrected chi connectivity index (χ2v) is 6.66. The molecule has 1 heterocycles. The molecule has 0 bridgehead atoms. The largest absolute Gasteiger partial charge is 0.550 e. The number of hydrazone groups is 1. The second kappa shape index (κ2) is 8.03. The molecule has 0 fully saturated rings. The summed E-state index contributed by atoms with van der Waals surface area (Å²) in [6.45, 7) is 2.00. The number of carboxylic acid groups (broad SMARTS) is 1. The molecule has 27 heavy (non-hydrogen) atoms. The van der Waals surface area contributed by atoms with Crippen molar-refractivity contribution in [3.63, 3.8) is 0 Å². The van der Waals surface area contributed by atoms with E-state index in [4.69, 9.17) is 0 Å². The molecule has 0 unspecified atom stereocenters. The highest BCUT2D eigenvalue weighted by Gasteiger charge is 2.34. The fraction of sp³-hybridized carbons (Fsp3) is 0.286. The Balaban J connectivity index is 1.87. The number of amides is 1. The van der Waals surface area contributed by atoms with Crippen molar-refractivity contribution in [3.05, 3.63) is 65.2 Å². The van der Waals surface area contributed by atoms with Gasteiger partial charge in [-0.1, -0.05) is 48.0 Å². The molecule has 0 saturated heterocycles. The SMILES string of the molecule is Cc1ccc(C2=NN(C(=O)CCCC(=O)[O-])[C@H](c3ccccc3O)C2)cc1. The first kappa shape index (κ1) is 18.6. The highest BCUT2D eigenvalue weighted by molar-refractivity contribution is 6.03. The number of hydrogen-bond donors (Lipinski definition) is 1. The van der Waals surface area contributed by atoms with Gasteiger partial charge in [0.25, 0.3) is 0 Å². The van der Waals surface area contributed by atoms with Gasteiger partial charge in [-0.25, -0.2) is 5.01 Å². The van der Waals surface area contributed by atoms with Crippen molar-refractivity contribution in [1.82, 2.24) is 5.01 Å². The minimum atomic E-state index is -1.18. The summed E-state index contributed by atoms with van der Waals surface area (Å²) in [4.78, 5) is 23.3. The van der Waals surface area contributed by atoms with Crippen molar-refractivity contribution < 1.29 is 19.8 Å². The monoisotopic (exact) mass is 365 g/mol. The molecular weight excluding hydrogens is 344 g/mol. The van der Waals surface area contributed by atoms with Crippen LogP contribution in [-0.2, 0) is 9.59 Å². The molecule has 2 aromatic rings. The van der Waals surface area contributed by atoms with Crippen LogP contribution in [0.5, 0.6) is 5.75 Å². The maximum Gasteiger partial charge on any atom is 0.243 e. The molecule has 6 nitrogen and oxygen atoms in total. The van der Waals surface area contributed by atoms with Crippen LogP contribution in [0.1, 0.15) is 48.4 Å². The molecule has 2 aromatic carbocycles. The van der Waals surface area contributed by atoms with Crippen LogP contribution in [0, 0.1) is 6.92 Å². The normalized spacial score (nSPS) is 16.3. The highest BCUT2D eigenvalue weighted by Crippen LogP contribution is 2.37. The predicted molar refractivity (Wildman–Crippen MR) is 98.9 cm³/mol. The molecule has 6 heteroatoms. The molecule has 1 amide bonds. The molecular formula is C21H21N2O4-. The number of aryl methyl sites for hydroxylation is 1. The Bertz CT molecular complexity index is 874. The number of phenols is 1. The fourth-order valence-electron chi connectivity index (χ4n) is 3.17. The number of benzene rings is 2. The summed E-state index contributed by atoms with van der Waals surface area (Å²) in [6, 6.07) is 14.3. The number of hydrogen-bond acceptors (Lipinski definition) is 5. The molecule has 1 atom stereocenters. The lowest BCUT2D eigenvalue weighted by Crippen LogP contribution is -2.28. The van der Waals surface area contributed by atoms with E-state index >= 15 is 0 Å². The van der Waals surface area contributed by atoms with E-state index < -0.39 is 12.0 Å². The molecule has 0 aliphatic carbocycles. The molecule has 1 N–H and O–H groups in total. The number of aromatic hydroxyl groups is 1. The third-order valence-electron chi connectivity index (χ3n) is 4.62. The lowest BCUT2D eigenvalue weighted by molar-refractivity contribution is -0.305. The Morgan fingerprint density at radius 2 is 1.85 bits per heavy atom. The van der Waals surface area contributed by atoms with Gasteiger partial charge >= 0.3 is 0 Å². The topological polar surface area (TPSA) is 93.0 Å². The van der Waals surface area contributed by atoms with Crippen LogP contribution in [-0.4, -0.2) is 27.7 Å². The zero-order chi connectivity index (χ0) is 19.4. The summed E-state index contributed by atoms with van der Waals surface area (Å²) in [6.07, 6.45) is 0.561. The average molecular weight is 365 g/mol. The van der Waals surface area contributed by atoms with Gasteiger partial charge in [0.2, 0.25) is 5.91 Å². The van der Waals surface area contributed by atoms with E-state index in [0.717, 1.165) is 16.8 Å². The van der Waals surface area contributed by atoms with E-state index in [1.807, 2.05) is 31.2 Å². The van der Waals surface area contributed by atoms with Crippen molar-refractivity contribution in [1.29, 1.82) is 0 Å². The van der Waals surface area contributed by atoms with Crippen molar-refractivity contribution in [2.75, 3.05) is 0 Å². The minimum Gasteiger partial charge on any atom is -0.550 e. The number of rotatable bonds is 6. The maximum atomic E-state index is 12.7. The number of nitrogens with zero attached hydrogens (tertiary/aromatic N) is 2. The van der Waals surface area contributed by atoms with Gasteiger partial charge in [0.15, 0.2) is 0 Å². The minimum absolute atomic E-state index is 0.0583. The summed E-state index contributed by atoms with van der Waals surface area (Å²) in [5.74, 6) is -1.34. The predicted octanol–water partition coefficient (Wildman–Crippen LogP) is 2.30. The molecule has 0 spiro atoms. The zero-order valence-corrected chi connectivity index (χ0v) is 15.1. The molecule has 3 rings (SSSR count). The number of para-hydroxylation sites is 1. The van der Waals surface area contributed by atoms with E-state index in [1.54, 1.807) is 24.3 Å². The van der Waals surface area contributed by atoms with Crippen LogP contribution in [0.4, 0.5) is 0 Å². The molecule has 1 aliphatic heterocycles. The maximum absolute atomic E-state index is 12.7. The van der Waals surface area contributed by atoms with E-state index in [2.05, 4.69) is 5.10 Å². The number of phenolic OH excluding ortho intramolecular Hbond substituents is 1. The first-order valence-electron chi connectivity index (χ1n) is 8.90. The van der Waals surface area contributed by atoms with E-state index in [9.17, 15) is 19.8 Å². The van der Waals surface area contributed by atoms with Gasteiger partial charge in [0, 0.05) is 24.4 Å². The van der Waals surface area contributed by atoms with Crippen LogP contribution in [0.15, 0.2) is 53.6 Å². The third-order valence-corrected chi connectivity index (χ3v) is 4.62. The van der Waals surface area contributed by atoms with Crippen LogP contribution in [0.25, 0.3) is 0 Å². The first-order chi connectivity index (χ1) is 13.0. The first-order valence-corrected chi connectivity index (χ1v) is 8.90. The standard InChI is InChI=1S/C21H22N2O4/c1-14-9-11-15(12-10-14)17-13-18(16-5-2-3-6-19(16)24)23(22-17)20(25)7-4-8-21(26)27/h2-3,5-6,9-12,18,24H,4,7-8,13H2,1H3,(H,26,27)/p-1/t18-/m0/s1. The van der Waals surface area contributed by atoms with E-state index in [-0.39, 0.29) is 30.9 Å². The summed E-state index contributed by atoms with van der Waals surface area (Å²) in [5, 5.41) is 26.7. The second-order valence-electron chi connectivity index (χ2n) is 6.66. The summed E-state index contributed by atoms with van der Waals surface area (Å²) < 4.78 is 0. The van der Waals surface area contributed by atoms with Crippen LogP contribution in [0.3, 0.4) is 0 Å². The Hall–Kier alpha value is -3.15. The van der Waals surface area contributed by atoms with Gasteiger partial charge < -0.3 is 15.0 Å². The van der Waals surface area contributed by atoms with Gasteiger partial charge in [-0.3, -0.25) is 4.79 Å². The molecule has 1 aliphatic rings. The Kier molecular flexibility index (Phi) is 5.54. The fourth-order valence-corrected chi connectivity index (χ4v) is 3.17. The van der Waals surface area contributed by atoms with Gasteiger partial charge in [-0.2, -0.15) is 5.10 Å². The zero-order valence-electron chi connectivity index (χ0n) is 15.1. The van der Waals surface area contributed by atoms with Gasteiger partial charge in [-0.05, 0) is 31.4 Å². The van der Waals surface area contributed by atoms with Crippen molar-refractivity contribution in [3.8, 4) is 5.75 Å². The third kappa shape index (κ3) is 4.34. The quantitative estimate of drug-likeness (QED) is 0.850. The summed E-state index contributed by atoms with van der Waals surface area (Å²) >= 11 is 0. The number of carbonyl (C=O) groups excluding carboxylic acids is 2. The van der Waals surface area contributed by atoms with Crippen LogP contribution < -0.4 is 5.11 Å². The van der Waals surface area contributed by atoms with Crippen LogP contribution in [0.2, 0.25) is 0 Å². The Labute approximate surface area is 157 Å². The molecule has 0 radical (unpaired) electrons. The van der Waals surface area contributed by atoms with Crippen LogP contribution >= 0.6 is 0 Å². The number of carboxylic acids is 1. The Morgan fingerprint density at radius 1 is 1.15 bits per heavy atom. The van der Waals surface area contributed by atoms with Gasteiger partial charge in [0.1, 0.15) is 5.75 Å². The average Bonchev–Trinajstić information content (AvgIpc) is 3.07. The van der Waals surface area contributed by atoms with Gasteiger partial charge in [-0.15, -0.1) is 0 Å². The lowest BCUT2D eigenvalue weighted by Gasteiger charge is -2.22. The van der Waals surface area contributed by atoms with Crippen molar-refractivity contribution in [2.45, 2.75) is 38.6 Å². The summed E-state index contributed by atoms with van der Waals surface area (Å²) in [5.41, 5.74) is 3.43.